The number of aliphatic hydroxyl groups excluding tert-OH is 1. The van der Waals surface area contributed by atoms with Gasteiger partial charge in [-0.1, -0.05) is 30.3 Å². The lowest BCUT2D eigenvalue weighted by atomic mass is 10.1. The molecule has 0 aliphatic rings. The molecule has 108 valence electrons. The van der Waals surface area contributed by atoms with Crippen LogP contribution in [0.15, 0.2) is 42.7 Å². The van der Waals surface area contributed by atoms with Crippen molar-refractivity contribution in [2.24, 2.45) is 0 Å². The van der Waals surface area contributed by atoms with Crippen molar-refractivity contribution in [2.45, 2.75) is 45.5 Å². The Morgan fingerprint density at radius 3 is 2.65 bits per heavy atom. The van der Waals surface area contributed by atoms with Gasteiger partial charge in [0.15, 0.2) is 0 Å². The molecular formula is C16H23N3O. The van der Waals surface area contributed by atoms with E-state index in [1.807, 2.05) is 36.0 Å². The Bertz CT molecular complexity index is 507. The Labute approximate surface area is 120 Å². The second-order valence-corrected chi connectivity index (χ2v) is 5.40. The van der Waals surface area contributed by atoms with Gasteiger partial charge in [0.2, 0.25) is 0 Å². The second kappa shape index (κ2) is 7.22. The van der Waals surface area contributed by atoms with E-state index in [2.05, 4.69) is 35.7 Å². The normalized spacial score (nSPS) is 14.2. The highest BCUT2D eigenvalue weighted by atomic mass is 16.3. The quantitative estimate of drug-likeness (QED) is 0.813. The zero-order chi connectivity index (χ0) is 14.4. The molecule has 0 fully saturated rings. The Hall–Kier alpha value is -1.65. The topological polar surface area (TPSA) is 50.1 Å². The van der Waals surface area contributed by atoms with Gasteiger partial charge in [0.05, 0.1) is 18.8 Å². The van der Waals surface area contributed by atoms with E-state index in [-0.39, 0.29) is 6.10 Å². The van der Waals surface area contributed by atoms with Gasteiger partial charge in [-0.15, -0.1) is 0 Å². The molecule has 0 aliphatic heterocycles. The van der Waals surface area contributed by atoms with Gasteiger partial charge >= 0.3 is 0 Å². The minimum Gasteiger partial charge on any atom is -0.393 e. The average molecular weight is 273 g/mol. The van der Waals surface area contributed by atoms with Crippen LogP contribution in [0.25, 0.3) is 0 Å². The summed E-state index contributed by atoms with van der Waals surface area (Å²) >= 11 is 0. The molecule has 0 radical (unpaired) electrons. The van der Waals surface area contributed by atoms with Gasteiger partial charge in [-0.3, -0.25) is 4.68 Å². The van der Waals surface area contributed by atoms with Crippen LogP contribution in [-0.4, -0.2) is 27.0 Å². The van der Waals surface area contributed by atoms with Crippen LogP contribution in [0.2, 0.25) is 0 Å². The standard InChI is InChI=1S/C16H23N3O/c1-13(8-14(2)20)17-9-16-10-18-19(12-16)11-15-6-4-3-5-7-15/h3-7,10,12-14,17,20H,8-9,11H2,1-2H3. The average Bonchev–Trinajstić information content (AvgIpc) is 2.84. The molecule has 0 amide bonds. The Kier molecular flexibility index (Phi) is 5.32. The number of hydrogen-bond acceptors (Lipinski definition) is 3. The van der Waals surface area contributed by atoms with Crippen molar-refractivity contribution in [3.8, 4) is 0 Å². The lowest BCUT2D eigenvalue weighted by Crippen LogP contribution is -2.28. The molecule has 1 heterocycles. The molecule has 0 spiro atoms. The summed E-state index contributed by atoms with van der Waals surface area (Å²) in [6.45, 7) is 5.48. The van der Waals surface area contributed by atoms with Crippen LogP contribution in [0.4, 0.5) is 0 Å². The maximum Gasteiger partial charge on any atom is 0.0659 e. The summed E-state index contributed by atoms with van der Waals surface area (Å²) in [7, 11) is 0. The predicted octanol–water partition coefficient (Wildman–Crippen LogP) is 2.18. The van der Waals surface area contributed by atoms with Gasteiger partial charge in [0, 0.05) is 24.3 Å². The summed E-state index contributed by atoms with van der Waals surface area (Å²) in [5.41, 5.74) is 2.41. The molecule has 2 atom stereocenters. The van der Waals surface area contributed by atoms with Gasteiger partial charge < -0.3 is 10.4 Å². The van der Waals surface area contributed by atoms with E-state index in [0.717, 1.165) is 19.5 Å². The van der Waals surface area contributed by atoms with Crippen LogP contribution in [-0.2, 0) is 13.1 Å². The van der Waals surface area contributed by atoms with Crippen molar-refractivity contribution < 1.29 is 5.11 Å². The number of aromatic nitrogens is 2. The minimum atomic E-state index is -0.265. The molecule has 2 aromatic rings. The van der Waals surface area contributed by atoms with Gasteiger partial charge in [-0.2, -0.15) is 5.10 Å². The third-order valence-electron chi connectivity index (χ3n) is 3.22. The van der Waals surface area contributed by atoms with Crippen molar-refractivity contribution >= 4 is 0 Å². The number of benzene rings is 1. The van der Waals surface area contributed by atoms with Crippen LogP contribution < -0.4 is 5.32 Å². The fraction of sp³-hybridized carbons (Fsp3) is 0.438. The largest absolute Gasteiger partial charge is 0.393 e. The van der Waals surface area contributed by atoms with Crippen molar-refractivity contribution in [3.05, 3.63) is 53.9 Å². The molecule has 0 aliphatic carbocycles. The van der Waals surface area contributed by atoms with Crippen molar-refractivity contribution in [1.82, 2.24) is 15.1 Å². The SMILES string of the molecule is CC(O)CC(C)NCc1cnn(Cc2ccccc2)c1. The van der Waals surface area contributed by atoms with Crippen LogP contribution in [0.1, 0.15) is 31.4 Å². The molecule has 2 unspecified atom stereocenters. The molecule has 1 aromatic heterocycles. The van der Waals surface area contributed by atoms with Crippen LogP contribution in [0, 0.1) is 0 Å². The van der Waals surface area contributed by atoms with E-state index in [9.17, 15) is 5.11 Å². The predicted molar refractivity (Wildman–Crippen MR) is 80.4 cm³/mol. The molecule has 0 bridgehead atoms. The first-order chi connectivity index (χ1) is 9.63. The third kappa shape index (κ3) is 4.79. The number of nitrogens with one attached hydrogen (secondary N) is 1. The Morgan fingerprint density at radius 2 is 1.95 bits per heavy atom. The zero-order valence-corrected chi connectivity index (χ0v) is 12.2. The zero-order valence-electron chi connectivity index (χ0n) is 12.2. The highest BCUT2D eigenvalue weighted by molar-refractivity contribution is 5.15. The fourth-order valence-corrected chi connectivity index (χ4v) is 2.24. The lowest BCUT2D eigenvalue weighted by Gasteiger charge is -2.14. The maximum absolute atomic E-state index is 9.33. The number of nitrogens with zero attached hydrogens (tertiary/aromatic N) is 2. The first-order valence-corrected chi connectivity index (χ1v) is 7.10. The van der Waals surface area contributed by atoms with Crippen molar-refractivity contribution in [3.63, 3.8) is 0 Å². The highest BCUT2D eigenvalue weighted by Gasteiger charge is 2.06. The molecule has 2 N–H and O–H groups in total. The summed E-state index contributed by atoms with van der Waals surface area (Å²) in [5.74, 6) is 0. The van der Waals surface area contributed by atoms with Crippen molar-refractivity contribution in [2.75, 3.05) is 0 Å². The summed E-state index contributed by atoms with van der Waals surface area (Å²) in [4.78, 5) is 0. The summed E-state index contributed by atoms with van der Waals surface area (Å²) in [6, 6.07) is 10.6. The number of rotatable bonds is 7. The van der Waals surface area contributed by atoms with E-state index < -0.39 is 0 Å². The molecule has 2 rings (SSSR count). The summed E-state index contributed by atoms with van der Waals surface area (Å²) in [5, 5.41) is 17.1. The monoisotopic (exact) mass is 273 g/mol. The van der Waals surface area contributed by atoms with E-state index in [0.29, 0.717) is 6.04 Å². The molecular weight excluding hydrogens is 250 g/mol. The molecule has 0 saturated carbocycles. The lowest BCUT2D eigenvalue weighted by molar-refractivity contribution is 0.170. The van der Waals surface area contributed by atoms with Crippen molar-refractivity contribution in [1.29, 1.82) is 0 Å². The van der Waals surface area contributed by atoms with Crippen LogP contribution in [0.5, 0.6) is 0 Å². The molecule has 4 nitrogen and oxygen atoms in total. The van der Waals surface area contributed by atoms with E-state index in [1.54, 1.807) is 0 Å². The molecule has 4 heteroatoms. The number of aliphatic hydroxyl groups is 1. The molecule has 1 aromatic carbocycles. The van der Waals surface area contributed by atoms with E-state index in [4.69, 9.17) is 0 Å². The third-order valence-corrected chi connectivity index (χ3v) is 3.22. The first kappa shape index (κ1) is 14.8. The maximum atomic E-state index is 9.33. The van der Waals surface area contributed by atoms with E-state index >= 15 is 0 Å². The second-order valence-electron chi connectivity index (χ2n) is 5.40. The van der Waals surface area contributed by atoms with Gasteiger partial charge in [-0.25, -0.2) is 0 Å². The first-order valence-electron chi connectivity index (χ1n) is 7.10. The molecule has 20 heavy (non-hydrogen) atoms. The number of hydrogen-bond donors (Lipinski definition) is 2. The van der Waals surface area contributed by atoms with Crippen LogP contribution >= 0.6 is 0 Å². The fourth-order valence-electron chi connectivity index (χ4n) is 2.24. The Morgan fingerprint density at radius 1 is 1.20 bits per heavy atom. The smallest absolute Gasteiger partial charge is 0.0659 e. The summed E-state index contributed by atoms with van der Waals surface area (Å²) < 4.78 is 1.95. The molecule has 0 saturated heterocycles. The van der Waals surface area contributed by atoms with Gasteiger partial charge in [0.1, 0.15) is 0 Å². The highest BCUT2D eigenvalue weighted by Crippen LogP contribution is 2.05. The Balaban J connectivity index is 1.83. The minimum absolute atomic E-state index is 0.265. The van der Waals surface area contributed by atoms with Gasteiger partial charge in [-0.05, 0) is 25.8 Å². The van der Waals surface area contributed by atoms with Gasteiger partial charge in [0.25, 0.3) is 0 Å². The summed E-state index contributed by atoms with van der Waals surface area (Å²) in [6.07, 6.45) is 4.46. The van der Waals surface area contributed by atoms with Crippen LogP contribution in [0.3, 0.4) is 0 Å². The van der Waals surface area contributed by atoms with E-state index in [1.165, 1.54) is 11.1 Å².